The third kappa shape index (κ3) is 4.07. The first-order valence-electron chi connectivity index (χ1n) is 7.67. The predicted octanol–water partition coefficient (Wildman–Crippen LogP) is 4.06. The monoisotopic (exact) mass is 324 g/mol. The lowest BCUT2D eigenvalue weighted by atomic mass is 9.93. The van der Waals surface area contributed by atoms with E-state index in [2.05, 4.69) is 20.5 Å². The summed E-state index contributed by atoms with van der Waals surface area (Å²) in [6.45, 7) is 15.1. The molecule has 0 unspecified atom stereocenters. The van der Waals surface area contributed by atoms with Crippen molar-refractivity contribution in [3.8, 4) is 0 Å². The van der Waals surface area contributed by atoms with Crippen molar-refractivity contribution in [1.82, 2.24) is 5.16 Å². The summed E-state index contributed by atoms with van der Waals surface area (Å²) < 4.78 is 5.19. The molecule has 0 saturated heterocycles. The molecule has 0 amide bonds. The molecule has 0 aliphatic rings. The van der Waals surface area contributed by atoms with Crippen molar-refractivity contribution in [2.45, 2.75) is 39.5 Å². The molecule has 1 aromatic heterocycles. The van der Waals surface area contributed by atoms with Gasteiger partial charge in [-0.25, -0.2) is 5.43 Å². The first-order chi connectivity index (χ1) is 11.3. The van der Waals surface area contributed by atoms with E-state index in [4.69, 9.17) is 11.1 Å². The average Bonchev–Trinajstić information content (AvgIpc) is 3.05. The fourth-order valence-corrected chi connectivity index (χ4v) is 1.96. The Bertz CT molecular complexity index is 807. The van der Waals surface area contributed by atoms with Gasteiger partial charge in [-0.15, -0.1) is 0 Å². The van der Waals surface area contributed by atoms with Crippen LogP contribution in [0, 0.1) is 6.57 Å². The fraction of sp³-hybridized carbons (Fsp3) is 0.333. The van der Waals surface area contributed by atoms with Crippen molar-refractivity contribution in [2.24, 2.45) is 5.10 Å². The van der Waals surface area contributed by atoms with E-state index in [0.29, 0.717) is 5.76 Å². The molecule has 2 aromatic rings. The fourth-order valence-electron chi connectivity index (χ4n) is 1.96. The molecule has 0 atom stereocenters. The Labute approximate surface area is 141 Å². The standard InChI is InChI=1S/C18H20N4O2/c1-6-12-8-7-9-13(10-12)20-21-17(19-5)16(23)14-11-15(24-22-14)18(2,3)4/h7-11,20H,6H2,1-4H3/b21-17+. The molecule has 1 N–H and O–H groups in total. The second-order valence-electron chi connectivity index (χ2n) is 6.37. The number of aromatic nitrogens is 1. The maximum atomic E-state index is 12.4. The lowest BCUT2D eigenvalue weighted by molar-refractivity contribution is 0.105. The highest BCUT2D eigenvalue weighted by molar-refractivity contribution is 6.48. The number of nitrogens with zero attached hydrogens (tertiary/aromatic N) is 3. The van der Waals surface area contributed by atoms with E-state index in [0.717, 1.165) is 17.7 Å². The zero-order chi connectivity index (χ0) is 17.7. The van der Waals surface area contributed by atoms with E-state index >= 15 is 0 Å². The van der Waals surface area contributed by atoms with Gasteiger partial charge in [0, 0.05) is 11.5 Å². The SMILES string of the molecule is [C-]#[N+]/C(=N/Nc1cccc(CC)c1)C(=O)c1cc(C(C)(C)C)on1. The summed E-state index contributed by atoms with van der Waals surface area (Å²) in [4.78, 5) is 15.6. The minimum Gasteiger partial charge on any atom is -0.360 e. The minimum atomic E-state index is -0.566. The van der Waals surface area contributed by atoms with Crippen molar-refractivity contribution in [3.05, 3.63) is 58.8 Å². The normalized spacial score (nSPS) is 11.9. The van der Waals surface area contributed by atoms with Gasteiger partial charge in [-0.2, -0.15) is 0 Å². The second kappa shape index (κ2) is 7.09. The lowest BCUT2D eigenvalue weighted by Gasteiger charge is -2.11. The number of Topliss-reactive ketones (excluding diaryl/α,β-unsaturated/α-hetero) is 1. The van der Waals surface area contributed by atoms with Gasteiger partial charge in [-0.1, -0.05) is 51.6 Å². The van der Waals surface area contributed by atoms with Crippen LogP contribution in [0.5, 0.6) is 0 Å². The van der Waals surface area contributed by atoms with E-state index in [1.165, 1.54) is 0 Å². The lowest BCUT2D eigenvalue weighted by Crippen LogP contribution is -2.13. The molecular weight excluding hydrogens is 304 g/mol. The van der Waals surface area contributed by atoms with Crippen LogP contribution in [0.3, 0.4) is 0 Å². The van der Waals surface area contributed by atoms with E-state index in [9.17, 15) is 4.79 Å². The minimum absolute atomic E-state index is 0.0822. The van der Waals surface area contributed by atoms with E-state index < -0.39 is 5.78 Å². The molecule has 0 fully saturated rings. The number of carbonyl (C=O) groups excluding carboxylic acids is 1. The van der Waals surface area contributed by atoms with E-state index in [1.807, 2.05) is 52.0 Å². The first kappa shape index (κ1) is 17.4. The van der Waals surface area contributed by atoms with Gasteiger partial charge in [0.1, 0.15) is 11.5 Å². The summed E-state index contributed by atoms with van der Waals surface area (Å²) in [7, 11) is 0. The topological polar surface area (TPSA) is 71.8 Å². The Morgan fingerprint density at radius 2 is 2.12 bits per heavy atom. The number of hydrogen-bond donors (Lipinski definition) is 1. The highest BCUT2D eigenvalue weighted by Gasteiger charge is 2.24. The molecule has 0 aliphatic heterocycles. The van der Waals surface area contributed by atoms with Crippen LogP contribution in [-0.2, 0) is 11.8 Å². The van der Waals surface area contributed by atoms with Crippen molar-refractivity contribution in [1.29, 1.82) is 0 Å². The number of carbonyl (C=O) groups is 1. The molecule has 0 bridgehead atoms. The maximum Gasteiger partial charge on any atom is 0.343 e. The van der Waals surface area contributed by atoms with Crippen molar-refractivity contribution >= 4 is 17.3 Å². The predicted molar refractivity (Wildman–Crippen MR) is 93.0 cm³/mol. The van der Waals surface area contributed by atoms with Gasteiger partial charge >= 0.3 is 5.84 Å². The number of nitrogens with one attached hydrogen (secondary N) is 1. The summed E-state index contributed by atoms with van der Waals surface area (Å²) >= 11 is 0. The average molecular weight is 324 g/mol. The number of rotatable bonds is 5. The molecule has 0 radical (unpaired) electrons. The molecule has 0 spiro atoms. The van der Waals surface area contributed by atoms with Crippen LogP contribution in [0.1, 0.15) is 49.5 Å². The van der Waals surface area contributed by atoms with Gasteiger partial charge in [0.05, 0.1) is 5.69 Å². The van der Waals surface area contributed by atoms with Crippen molar-refractivity contribution in [2.75, 3.05) is 5.43 Å². The van der Waals surface area contributed by atoms with Crippen LogP contribution in [-0.4, -0.2) is 16.8 Å². The largest absolute Gasteiger partial charge is 0.360 e. The summed E-state index contributed by atoms with van der Waals surface area (Å²) in [5.74, 6) is -0.271. The van der Waals surface area contributed by atoms with Crippen molar-refractivity contribution in [3.63, 3.8) is 0 Å². The number of benzene rings is 1. The van der Waals surface area contributed by atoms with E-state index in [-0.39, 0.29) is 16.9 Å². The van der Waals surface area contributed by atoms with E-state index in [1.54, 1.807) is 6.07 Å². The number of hydrazone groups is 1. The number of aryl methyl sites for hydroxylation is 1. The summed E-state index contributed by atoms with van der Waals surface area (Å²) in [6.07, 6.45) is 0.891. The summed E-state index contributed by atoms with van der Waals surface area (Å²) in [5.41, 5.74) is 4.43. The van der Waals surface area contributed by atoms with Gasteiger partial charge in [-0.3, -0.25) is 4.79 Å². The Morgan fingerprint density at radius 3 is 2.71 bits per heavy atom. The van der Waals surface area contributed by atoms with Crippen LogP contribution in [0.15, 0.2) is 40.0 Å². The third-order valence-corrected chi connectivity index (χ3v) is 3.42. The van der Waals surface area contributed by atoms with Gasteiger partial charge in [0.25, 0.3) is 0 Å². The smallest absolute Gasteiger partial charge is 0.343 e. The Hall–Kier alpha value is -2.94. The Morgan fingerprint density at radius 1 is 1.38 bits per heavy atom. The van der Waals surface area contributed by atoms with Gasteiger partial charge in [-0.05, 0) is 29.2 Å². The van der Waals surface area contributed by atoms with Crippen molar-refractivity contribution < 1.29 is 9.32 Å². The summed E-state index contributed by atoms with van der Waals surface area (Å²) in [5, 5.41) is 7.67. The first-order valence-corrected chi connectivity index (χ1v) is 7.67. The molecule has 6 nitrogen and oxygen atoms in total. The van der Waals surface area contributed by atoms with Crippen LogP contribution in [0.2, 0.25) is 0 Å². The highest BCUT2D eigenvalue weighted by Crippen LogP contribution is 2.23. The Kier molecular flexibility index (Phi) is 5.14. The molecule has 0 aliphatic carbocycles. The number of ketones is 1. The van der Waals surface area contributed by atoms with Crippen LogP contribution in [0.25, 0.3) is 4.85 Å². The molecule has 1 heterocycles. The summed E-state index contributed by atoms with van der Waals surface area (Å²) in [6, 6.07) is 9.19. The number of anilines is 1. The van der Waals surface area contributed by atoms with Gasteiger partial charge in [0.2, 0.25) is 5.78 Å². The molecule has 124 valence electrons. The maximum absolute atomic E-state index is 12.4. The molecule has 24 heavy (non-hydrogen) atoms. The van der Waals surface area contributed by atoms with Crippen LogP contribution < -0.4 is 5.43 Å². The zero-order valence-corrected chi connectivity index (χ0v) is 14.3. The molecule has 2 rings (SSSR count). The highest BCUT2D eigenvalue weighted by atomic mass is 16.5. The third-order valence-electron chi connectivity index (χ3n) is 3.42. The molecule has 0 saturated carbocycles. The Balaban J connectivity index is 2.19. The second-order valence-corrected chi connectivity index (χ2v) is 6.37. The van der Waals surface area contributed by atoms with Gasteiger partial charge in [0.15, 0.2) is 0 Å². The number of hydrogen-bond acceptors (Lipinski definition) is 5. The van der Waals surface area contributed by atoms with Crippen LogP contribution in [0.4, 0.5) is 5.69 Å². The van der Waals surface area contributed by atoms with Crippen LogP contribution >= 0.6 is 0 Å². The van der Waals surface area contributed by atoms with Gasteiger partial charge < -0.3 is 9.37 Å². The molecule has 1 aromatic carbocycles. The molecule has 6 heteroatoms. The zero-order valence-electron chi connectivity index (χ0n) is 14.3. The number of amidine groups is 1. The molecular formula is C18H20N4O2. The quantitative estimate of drug-likeness (QED) is 0.296.